The lowest BCUT2D eigenvalue weighted by Gasteiger charge is -2.26. The summed E-state index contributed by atoms with van der Waals surface area (Å²) in [7, 11) is 0. The lowest BCUT2D eigenvalue weighted by Crippen LogP contribution is -2.35. The van der Waals surface area contributed by atoms with Crippen LogP contribution < -0.4 is 5.32 Å². The summed E-state index contributed by atoms with van der Waals surface area (Å²) in [5.74, 6) is 1.36. The molecule has 2 saturated heterocycles. The van der Waals surface area contributed by atoms with E-state index in [9.17, 15) is 4.79 Å². The molecule has 2 fully saturated rings. The average molecular weight is 398 g/mol. The normalized spacial score (nSPS) is 18.7. The van der Waals surface area contributed by atoms with E-state index in [1.54, 1.807) is 0 Å². The number of ether oxygens (including phenoxy) is 1. The molecule has 0 bridgehead atoms. The fourth-order valence-corrected chi connectivity index (χ4v) is 4.09. The van der Waals surface area contributed by atoms with Gasteiger partial charge in [0.1, 0.15) is 11.5 Å². The number of furan rings is 1. The molecule has 0 spiro atoms. The van der Waals surface area contributed by atoms with Crippen molar-refractivity contribution in [3.63, 3.8) is 0 Å². The van der Waals surface area contributed by atoms with Gasteiger partial charge in [0.2, 0.25) is 0 Å². The second-order valence-corrected chi connectivity index (χ2v) is 8.06. The van der Waals surface area contributed by atoms with Gasteiger partial charge in [0.15, 0.2) is 0 Å². The number of carbonyl (C=O) groups excluding carboxylic acids is 1. The van der Waals surface area contributed by atoms with Crippen LogP contribution in [0.3, 0.4) is 0 Å². The highest BCUT2D eigenvalue weighted by Gasteiger charge is 2.18. The number of nitrogens with zero attached hydrogens (tertiary/aromatic N) is 2. The molecule has 156 valence electrons. The van der Waals surface area contributed by atoms with E-state index in [2.05, 4.69) is 27.2 Å². The van der Waals surface area contributed by atoms with E-state index in [4.69, 9.17) is 9.15 Å². The Bertz CT molecular complexity index is 803. The highest BCUT2D eigenvalue weighted by molar-refractivity contribution is 6.05. The van der Waals surface area contributed by atoms with Gasteiger partial charge >= 0.3 is 0 Å². The second kappa shape index (κ2) is 9.57. The summed E-state index contributed by atoms with van der Waals surface area (Å²) in [5, 5.41) is 3.00. The monoisotopic (exact) mass is 397 g/mol. The quantitative estimate of drug-likeness (QED) is 0.806. The highest BCUT2D eigenvalue weighted by atomic mass is 16.5. The van der Waals surface area contributed by atoms with Crippen LogP contribution in [0.25, 0.3) is 0 Å². The van der Waals surface area contributed by atoms with Crippen molar-refractivity contribution in [3.8, 4) is 0 Å². The minimum Gasteiger partial charge on any atom is -0.464 e. The first-order chi connectivity index (χ1) is 14.2. The number of hydrogen-bond donors (Lipinski definition) is 1. The molecule has 1 N–H and O–H groups in total. The van der Waals surface area contributed by atoms with E-state index in [1.165, 1.54) is 37.9 Å². The molecule has 6 heteroatoms. The maximum atomic E-state index is 12.7. The summed E-state index contributed by atoms with van der Waals surface area (Å²) in [6.07, 6.45) is 3.94. The SMILES string of the molecule is Cc1oc(CN2CCOCC2)cc1C(=O)Nc1ccc(CN2CCCCC2)cc1. The maximum Gasteiger partial charge on any atom is 0.259 e. The molecule has 1 amide bonds. The third kappa shape index (κ3) is 5.47. The summed E-state index contributed by atoms with van der Waals surface area (Å²) < 4.78 is 11.2. The topological polar surface area (TPSA) is 58.0 Å². The number of piperidine rings is 1. The van der Waals surface area contributed by atoms with Crippen molar-refractivity contribution in [1.82, 2.24) is 9.80 Å². The van der Waals surface area contributed by atoms with E-state index < -0.39 is 0 Å². The second-order valence-electron chi connectivity index (χ2n) is 8.06. The first-order valence-corrected chi connectivity index (χ1v) is 10.7. The van der Waals surface area contributed by atoms with Crippen molar-refractivity contribution in [2.24, 2.45) is 0 Å². The Kier molecular flexibility index (Phi) is 6.64. The van der Waals surface area contributed by atoms with Crippen molar-refractivity contribution in [2.75, 3.05) is 44.7 Å². The number of hydrogen-bond acceptors (Lipinski definition) is 5. The Hall–Kier alpha value is -2.15. The molecule has 29 heavy (non-hydrogen) atoms. The minimum absolute atomic E-state index is 0.122. The molecule has 2 aliphatic heterocycles. The van der Waals surface area contributed by atoms with Gasteiger partial charge in [-0.2, -0.15) is 0 Å². The smallest absolute Gasteiger partial charge is 0.259 e. The number of amides is 1. The molecule has 0 saturated carbocycles. The van der Waals surface area contributed by atoms with E-state index in [-0.39, 0.29) is 5.91 Å². The fraction of sp³-hybridized carbons (Fsp3) is 0.522. The number of anilines is 1. The number of aryl methyl sites for hydroxylation is 1. The lowest BCUT2D eigenvalue weighted by atomic mass is 10.1. The third-order valence-corrected chi connectivity index (χ3v) is 5.76. The fourth-order valence-electron chi connectivity index (χ4n) is 4.09. The van der Waals surface area contributed by atoms with Crippen molar-refractivity contribution in [3.05, 3.63) is 53.0 Å². The molecule has 0 aliphatic carbocycles. The summed E-state index contributed by atoms with van der Waals surface area (Å²) in [5.41, 5.74) is 2.70. The standard InChI is InChI=1S/C23H31N3O3/c1-18-22(15-21(29-18)17-26-11-13-28-14-12-26)23(27)24-20-7-5-19(6-8-20)16-25-9-3-2-4-10-25/h5-8,15H,2-4,9-14,16-17H2,1H3,(H,24,27). The van der Waals surface area contributed by atoms with Crippen LogP contribution >= 0.6 is 0 Å². The average Bonchev–Trinajstić information content (AvgIpc) is 3.11. The van der Waals surface area contributed by atoms with E-state index in [0.29, 0.717) is 17.9 Å². The summed E-state index contributed by atoms with van der Waals surface area (Å²) >= 11 is 0. The van der Waals surface area contributed by atoms with Gasteiger partial charge < -0.3 is 14.5 Å². The largest absolute Gasteiger partial charge is 0.464 e. The van der Waals surface area contributed by atoms with Gasteiger partial charge in [-0.25, -0.2) is 0 Å². The highest BCUT2D eigenvalue weighted by Crippen LogP contribution is 2.20. The van der Waals surface area contributed by atoms with Crippen LogP contribution in [-0.4, -0.2) is 55.1 Å². The first kappa shape index (κ1) is 20.1. The van der Waals surface area contributed by atoms with Gasteiger partial charge in [0, 0.05) is 25.3 Å². The summed E-state index contributed by atoms with van der Waals surface area (Å²) in [4.78, 5) is 17.5. The molecule has 0 atom stereocenters. The molecule has 1 aromatic heterocycles. The molecule has 6 nitrogen and oxygen atoms in total. The van der Waals surface area contributed by atoms with Crippen molar-refractivity contribution in [2.45, 2.75) is 39.3 Å². The third-order valence-electron chi connectivity index (χ3n) is 5.76. The molecule has 4 rings (SSSR count). The zero-order chi connectivity index (χ0) is 20.1. The maximum absolute atomic E-state index is 12.7. The van der Waals surface area contributed by atoms with Crippen LogP contribution in [0, 0.1) is 6.92 Å². The Morgan fingerprint density at radius 2 is 1.66 bits per heavy atom. The van der Waals surface area contributed by atoms with Crippen LogP contribution in [0.15, 0.2) is 34.7 Å². The number of likely N-dealkylation sites (tertiary alicyclic amines) is 1. The van der Waals surface area contributed by atoms with Gasteiger partial charge in [-0.15, -0.1) is 0 Å². The lowest BCUT2D eigenvalue weighted by molar-refractivity contribution is 0.0312. The molecule has 2 aliphatic rings. The van der Waals surface area contributed by atoms with Gasteiger partial charge in [0.25, 0.3) is 5.91 Å². The Labute approximate surface area is 172 Å². The Balaban J connectivity index is 1.33. The van der Waals surface area contributed by atoms with Gasteiger partial charge in [0.05, 0.1) is 25.3 Å². The Morgan fingerprint density at radius 1 is 0.966 bits per heavy atom. The molecular weight excluding hydrogens is 366 g/mol. The summed E-state index contributed by atoms with van der Waals surface area (Å²) in [6.45, 7) is 9.20. The van der Waals surface area contributed by atoms with Crippen LogP contribution in [0.2, 0.25) is 0 Å². The molecule has 0 radical (unpaired) electrons. The number of benzene rings is 1. The predicted molar refractivity (Wildman–Crippen MR) is 113 cm³/mol. The van der Waals surface area contributed by atoms with E-state index in [1.807, 2.05) is 25.1 Å². The van der Waals surface area contributed by atoms with Gasteiger partial charge in [-0.1, -0.05) is 18.6 Å². The van der Waals surface area contributed by atoms with Crippen LogP contribution in [0.1, 0.15) is 46.7 Å². The molecule has 2 aromatic rings. The van der Waals surface area contributed by atoms with E-state index >= 15 is 0 Å². The number of morpholine rings is 1. The van der Waals surface area contributed by atoms with Crippen molar-refractivity contribution in [1.29, 1.82) is 0 Å². The summed E-state index contributed by atoms with van der Waals surface area (Å²) in [6, 6.07) is 10.1. The molecular formula is C23H31N3O3. The van der Waals surface area contributed by atoms with Gasteiger partial charge in [-0.3, -0.25) is 14.6 Å². The number of nitrogens with one attached hydrogen (secondary N) is 1. The zero-order valence-electron chi connectivity index (χ0n) is 17.3. The first-order valence-electron chi connectivity index (χ1n) is 10.7. The minimum atomic E-state index is -0.122. The zero-order valence-corrected chi connectivity index (χ0v) is 17.3. The predicted octanol–water partition coefficient (Wildman–Crippen LogP) is 3.66. The van der Waals surface area contributed by atoms with E-state index in [0.717, 1.165) is 44.3 Å². The number of carbonyl (C=O) groups is 1. The van der Waals surface area contributed by atoms with Gasteiger partial charge in [-0.05, 0) is 56.6 Å². The van der Waals surface area contributed by atoms with Crippen LogP contribution in [0.4, 0.5) is 5.69 Å². The van der Waals surface area contributed by atoms with Crippen LogP contribution in [-0.2, 0) is 17.8 Å². The molecule has 3 heterocycles. The molecule has 1 aromatic carbocycles. The Morgan fingerprint density at radius 3 is 2.38 bits per heavy atom. The van der Waals surface area contributed by atoms with Crippen molar-refractivity contribution >= 4 is 11.6 Å². The van der Waals surface area contributed by atoms with Crippen LogP contribution in [0.5, 0.6) is 0 Å². The molecule has 0 unspecified atom stereocenters. The number of rotatable bonds is 6. The van der Waals surface area contributed by atoms with Crippen molar-refractivity contribution < 1.29 is 13.9 Å².